The number of fused-ring (bicyclic) bond motifs is 1. The lowest BCUT2D eigenvalue weighted by molar-refractivity contribution is -0.135. The van der Waals surface area contributed by atoms with Gasteiger partial charge in [0.15, 0.2) is 0 Å². The molecule has 1 saturated heterocycles. The Hall–Kier alpha value is -3.55. The molecule has 10 nitrogen and oxygen atoms in total. The second-order valence-corrected chi connectivity index (χ2v) is 7.59. The van der Waals surface area contributed by atoms with Crippen LogP contribution in [0.15, 0.2) is 30.0 Å². The smallest absolute Gasteiger partial charge is 0.411 e. The van der Waals surface area contributed by atoms with Crippen LogP contribution in [0.2, 0.25) is 0 Å². The van der Waals surface area contributed by atoms with E-state index in [1.54, 1.807) is 11.8 Å². The number of nitrogens with zero attached hydrogens (tertiary/aromatic N) is 2. The molecule has 3 N–H and O–H groups in total. The zero-order chi connectivity index (χ0) is 26.5. The van der Waals surface area contributed by atoms with Crippen LogP contribution in [0.25, 0.3) is 0 Å². The van der Waals surface area contributed by atoms with Crippen LogP contribution in [0.4, 0.5) is 10.5 Å². The predicted octanol–water partition coefficient (Wildman–Crippen LogP) is 2.54. The standard InChI is InChI=1S/C20H27N5O5.C3H4.C2H6/c1-12-5-6-14(15(7-12)22-20(28)30-4)16-8-17-19(27)24(9-13(2)25(17)23-16)11-21-18(26)10-29-3;1-3-2;1-2/h5-8,13,16,23H,9-11H2,1-4H3,(H,21,26)(H,22,28);1H,2H3;1-2H3. The van der Waals surface area contributed by atoms with Crippen molar-refractivity contribution in [2.75, 3.05) is 39.4 Å². The number of ether oxygens (including phenoxy) is 2. The minimum Gasteiger partial charge on any atom is -0.453 e. The number of carbonyl (C=O) groups excluding carboxylic acids is 3. The van der Waals surface area contributed by atoms with Crippen molar-refractivity contribution in [2.45, 2.75) is 46.7 Å². The molecule has 0 aromatic heterocycles. The van der Waals surface area contributed by atoms with Crippen molar-refractivity contribution in [1.29, 1.82) is 0 Å². The molecule has 0 saturated carbocycles. The molecule has 0 radical (unpaired) electrons. The maximum Gasteiger partial charge on any atom is 0.411 e. The molecule has 2 unspecified atom stereocenters. The zero-order valence-electron chi connectivity index (χ0n) is 21.6. The van der Waals surface area contributed by atoms with Crippen molar-refractivity contribution in [2.24, 2.45) is 0 Å². The van der Waals surface area contributed by atoms with Crippen molar-refractivity contribution in [3.63, 3.8) is 0 Å². The molecule has 2 aliphatic rings. The lowest BCUT2D eigenvalue weighted by Crippen LogP contribution is -2.57. The first-order valence-electron chi connectivity index (χ1n) is 11.4. The van der Waals surface area contributed by atoms with Crippen LogP contribution in [0.1, 0.15) is 44.9 Å². The van der Waals surface area contributed by atoms with Crippen LogP contribution >= 0.6 is 0 Å². The van der Waals surface area contributed by atoms with Crippen LogP contribution in [-0.2, 0) is 19.1 Å². The number of hydrazine groups is 1. The van der Waals surface area contributed by atoms with E-state index in [-0.39, 0.29) is 37.2 Å². The number of nitrogens with one attached hydrogen (secondary N) is 3. The van der Waals surface area contributed by atoms with Crippen LogP contribution in [0.5, 0.6) is 0 Å². The number of piperazine rings is 1. The molecular weight excluding hydrogens is 450 g/mol. The molecule has 0 spiro atoms. The largest absolute Gasteiger partial charge is 0.453 e. The van der Waals surface area contributed by atoms with E-state index in [0.29, 0.717) is 17.9 Å². The summed E-state index contributed by atoms with van der Waals surface area (Å²) >= 11 is 0. The summed E-state index contributed by atoms with van der Waals surface area (Å²) in [4.78, 5) is 38.0. The number of rotatable bonds is 6. The third kappa shape index (κ3) is 8.02. The van der Waals surface area contributed by atoms with Crippen molar-refractivity contribution >= 4 is 23.6 Å². The van der Waals surface area contributed by atoms with E-state index in [1.165, 1.54) is 14.2 Å². The highest BCUT2D eigenvalue weighted by Crippen LogP contribution is 2.33. The lowest BCUT2D eigenvalue weighted by Gasteiger charge is -2.39. The normalized spacial score (nSPS) is 18.0. The molecular formula is C25H37N5O5. The molecule has 1 fully saturated rings. The van der Waals surface area contributed by atoms with Crippen molar-refractivity contribution in [3.05, 3.63) is 41.1 Å². The molecule has 2 aliphatic heterocycles. The van der Waals surface area contributed by atoms with E-state index in [9.17, 15) is 14.4 Å². The Morgan fingerprint density at radius 1 is 1.29 bits per heavy atom. The van der Waals surface area contributed by atoms with Crippen LogP contribution in [0, 0.1) is 19.3 Å². The summed E-state index contributed by atoms with van der Waals surface area (Å²) in [5.41, 5.74) is 6.25. The van der Waals surface area contributed by atoms with Gasteiger partial charge in [-0.05, 0) is 44.0 Å². The number of benzene rings is 1. The molecule has 0 aliphatic carbocycles. The van der Waals surface area contributed by atoms with Gasteiger partial charge in [-0.25, -0.2) is 10.2 Å². The van der Waals surface area contributed by atoms with Crippen LogP contribution < -0.4 is 16.1 Å². The van der Waals surface area contributed by atoms with Crippen molar-refractivity contribution < 1.29 is 23.9 Å². The van der Waals surface area contributed by atoms with Gasteiger partial charge in [-0.3, -0.25) is 19.9 Å². The highest BCUT2D eigenvalue weighted by atomic mass is 16.5. The SMILES string of the molecule is C#CC.CC.COCC(=O)NCN1CC(C)N2NC(c3ccc(C)cc3NC(=O)OC)C=C2C1=O. The van der Waals surface area contributed by atoms with E-state index in [4.69, 9.17) is 9.47 Å². The molecule has 1 aromatic carbocycles. The molecule has 3 rings (SSSR count). The van der Waals surface area contributed by atoms with Crippen molar-refractivity contribution in [1.82, 2.24) is 20.7 Å². The van der Waals surface area contributed by atoms with E-state index >= 15 is 0 Å². The Morgan fingerprint density at radius 3 is 2.54 bits per heavy atom. The second-order valence-electron chi connectivity index (χ2n) is 7.59. The zero-order valence-corrected chi connectivity index (χ0v) is 21.6. The Morgan fingerprint density at radius 2 is 1.94 bits per heavy atom. The second kappa shape index (κ2) is 14.7. The first-order valence-corrected chi connectivity index (χ1v) is 11.4. The third-order valence-corrected chi connectivity index (χ3v) is 5.00. The molecule has 10 heteroatoms. The minimum atomic E-state index is -0.562. The van der Waals surface area contributed by atoms with Gasteiger partial charge < -0.3 is 19.7 Å². The first kappa shape index (κ1) is 29.5. The molecule has 35 heavy (non-hydrogen) atoms. The van der Waals surface area contributed by atoms with Gasteiger partial charge in [0.1, 0.15) is 12.3 Å². The average Bonchev–Trinajstić information content (AvgIpc) is 3.29. The highest BCUT2D eigenvalue weighted by molar-refractivity contribution is 5.94. The van der Waals surface area contributed by atoms with Gasteiger partial charge in [0.05, 0.1) is 25.9 Å². The molecule has 1 aromatic rings. The Labute approximate surface area is 208 Å². The van der Waals surface area contributed by atoms with E-state index < -0.39 is 6.09 Å². The summed E-state index contributed by atoms with van der Waals surface area (Å²) in [6.07, 6.45) is 5.86. The number of hydrogen-bond acceptors (Lipinski definition) is 7. The average molecular weight is 488 g/mol. The topological polar surface area (TPSA) is 112 Å². The van der Waals surface area contributed by atoms with Crippen LogP contribution in [0.3, 0.4) is 0 Å². The monoisotopic (exact) mass is 487 g/mol. The Kier molecular flexibility index (Phi) is 12.3. The van der Waals surface area contributed by atoms with Gasteiger partial charge in [-0.1, -0.05) is 26.0 Å². The summed E-state index contributed by atoms with van der Waals surface area (Å²) in [5, 5.41) is 7.25. The van der Waals surface area contributed by atoms with Gasteiger partial charge in [-0.2, -0.15) is 0 Å². The summed E-state index contributed by atoms with van der Waals surface area (Å²) < 4.78 is 9.51. The van der Waals surface area contributed by atoms with E-state index in [2.05, 4.69) is 28.4 Å². The number of terminal acetylenes is 1. The van der Waals surface area contributed by atoms with Crippen LogP contribution in [-0.4, -0.2) is 67.9 Å². The summed E-state index contributed by atoms with van der Waals surface area (Å²) in [6, 6.07) is 5.39. The van der Waals surface area contributed by atoms with E-state index in [0.717, 1.165) is 11.1 Å². The molecule has 2 heterocycles. The van der Waals surface area contributed by atoms with Crippen molar-refractivity contribution in [3.8, 4) is 12.3 Å². The highest BCUT2D eigenvalue weighted by Gasteiger charge is 2.39. The summed E-state index contributed by atoms with van der Waals surface area (Å²) in [6.45, 7) is 10.1. The van der Waals surface area contributed by atoms with Gasteiger partial charge in [0.25, 0.3) is 5.91 Å². The Bertz CT molecular complexity index is 956. The predicted molar refractivity (Wildman–Crippen MR) is 135 cm³/mol. The number of methoxy groups -OCH3 is 2. The molecule has 192 valence electrons. The number of amides is 3. The first-order chi connectivity index (χ1) is 16.7. The Balaban J connectivity index is 0.00000114. The minimum absolute atomic E-state index is 0.0132. The fraction of sp³-hybridized carbons (Fsp3) is 0.480. The molecule has 3 amide bonds. The molecule has 2 atom stereocenters. The maximum absolute atomic E-state index is 13.0. The molecule has 0 bridgehead atoms. The summed E-state index contributed by atoms with van der Waals surface area (Å²) in [7, 11) is 2.75. The number of carbonyl (C=O) groups is 3. The van der Waals surface area contributed by atoms with Gasteiger partial charge in [0, 0.05) is 19.3 Å². The summed E-state index contributed by atoms with van der Waals surface area (Å²) in [5.74, 6) is 1.78. The number of aryl methyl sites for hydroxylation is 1. The van der Waals surface area contributed by atoms with Gasteiger partial charge in [0.2, 0.25) is 5.91 Å². The van der Waals surface area contributed by atoms with Gasteiger partial charge in [-0.15, -0.1) is 12.3 Å². The lowest BCUT2D eigenvalue weighted by atomic mass is 10.0. The van der Waals surface area contributed by atoms with Gasteiger partial charge >= 0.3 is 6.09 Å². The number of anilines is 1. The van der Waals surface area contributed by atoms with E-state index in [1.807, 2.05) is 57.0 Å². The third-order valence-electron chi connectivity index (χ3n) is 5.00. The quantitative estimate of drug-likeness (QED) is 0.529. The number of hydrogen-bond donors (Lipinski definition) is 3. The fourth-order valence-corrected chi connectivity index (χ4v) is 3.55. The maximum atomic E-state index is 13.0. The fourth-order valence-electron chi connectivity index (χ4n) is 3.55.